The van der Waals surface area contributed by atoms with Crippen LogP contribution in [0.15, 0.2) is 0 Å². The number of hydrogen-bond acceptors (Lipinski definition) is 3. The average molecular weight is 357 g/mol. The zero-order valence-electron chi connectivity index (χ0n) is 9.70. The van der Waals surface area contributed by atoms with Gasteiger partial charge >= 0.3 is 41.6 Å². The Morgan fingerprint density at radius 2 is 0.727 bits per heavy atom. The fraction of sp³-hybridized carbons (Fsp3) is 0.714. The van der Waals surface area contributed by atoms with Gasteiger partial charge in [0, 0.05) is 0 Å². The van der Waals surface area contributed by atoms with Gasteiger partial charge in [0.2, 0.25) is 0 Å². The van der Waals surface area contributed by atoms with E-state index >= 15 is 0 Å². The van der Waals surface area contributed by atoms with Crippen LogP contribution in [0.1, 0.15) is 0 Å². The lowest BCUT2D eigenvalue weighted by Crippen LogP contribution is -2.70. The van der Waals surface area contributed by atoms with Gasteiger partial charge in [-0.15, -0.1) is 0 Å². The summed E-state index contributed by atoms with van der Waals surface area (Å²) < 4.78 is 125. The van der Waals surface area contributed by atoms with Crippen LogP contribution in [0, 0.1) is 0 Å². The van der Waals surface area contributed by atoms with Crippen LogP contribution in [-0.2, 0) is 9.59 Å². The van der Waals surface area contributed by atoms with E-state index in [2.05, 4.69) is 0 Å². The zero-order valence-corrected chi connectivity index (χ0v) is 9.70. The second kappa shape index (κ2) is 5.44. The first-order chi connectivity index (χ1) is 8.89. The minimum Gasteiger partial charge on any atom is -0.477 e. The molecule has 5 nitrogen and oxygen atoms in total. The monoisotopic (exact) mass is 357 g/mol. The molecule has 5 N–H and O–H groups in total. The Morgan fingerprint density at radius 1 is 0.545 bits per heavy atom. The topological polar surface area (TPSA) is 110 Å². The van der Waals surface area contributed by atoms with Crippen LogP contribution >= 0.6 is 0 Å². The van der Waals surface area contributed by atoms with Gasteiger partial charge in [-0.2, -0.15) is 43.9 Å². The summed E-state index contributed by atoms with van der Waals surface area (Å²) in [6.07, 6.45) is 0. The SMILES string of the molecule is N.O=C(O)C(F)(F)C(F)(F)C(F)(F)C(F)(F)C(F)(F)C(=O)O. The molecule has 0 aliphatic rings. The average Bonchev–Trinajstić information content (AvgIpc) is 2.27. The van der Waals surface area contributed by atoms with E-state index in [0.717, 1.165) is 0 Å². The molecule has 0 aliphatic heterocycles. The number of alkyl halides is 10. The number of halogens is 10. The van der Waals surface area contributed by atoms with Crippen molar-refractivity contribution in [1.82, 2.24) is 6.15 Å². The van der Waals surface area contributed by atoms with Crippen molar-refractivity contribution >= 4 is 11.9 Å². The second-order valence-corrected chi connectivity index (χ2v) is 3.48. The first-order valence-electron chi connectivity index (χ1n) is 4.25. The molecular weight excluding hydrogens is 352 g/mol. The van der Waals surface area contributed by atoms with Crippen molar-refractivity contribution in [1.29, 1.82) is 0 Å². The van der Waals surface area contributed by atoms with Crippen LogP contribution in [0.25, 0.3) is 0 Å². The third-order valence-electron chi connectivity index (χ3n) is 2.11. The molecule has 0 saturated heterocycles. The Balaban J connectivity index is 0. The number of hydrogen-bond donors (Lipinski definition) is 3. The number of carboxylic acid groups (broad SMARTS) is 2. The van der Waals surface area contributed by atoms with E-state index in [1.807, 2.05) is 0 Å². The maximum Gasteiger partial charge on any atom is 0.410 e. The summed E-state index contributed by atoms with van der Waals surface area (Å²) in [6.45, 7) is 0. The third kappa shape index (κ3) is 2.52. The summed E-state index contributed by atoms with van der Waals surface area (Å²) in [4.78, 5) is 19.4. The van der Waals surface area contributed by atoms with E-state index in [-0.39, 0.29) is 6.15 Å². The normalized spacial score (nSPS) is 14.3. The Morgan fingerprint density at radius 3 is 0.864 bits per heavy atom. The molecule has 0 aliphatic carbocycles. The Kier molecular flexibility index (Phi) is 5.56. The van der Waals surface area contributed by atoms with Crippen LogP contribution < -0.4 is 6.15 Å². The van der Waals surface area contributed by atoms with Crippen molar-refractivity contribution in [3.8, 4) is 0 Å². The first-order valence-corrected chi connectivity index (χ1v) is 4.25. The third-order valence-corrected chi connectivity index (χ3v) is 2.11. The number of rotatable bonds is 6. The molecule has 0 bridgehead atoms. The first kappa shape index (κ1) is 22.5. The molecule has 0 atom stereocenters. The standard InChI is InChI=1S/C7H2F10O4.H3N/c8-3(9,1(18)19)5(12,13)7(16,17)6(14,15)4(10,11)2(20)21;/h(H,18,19)(H,20,21);1H3. The van der Waals surface area contributed by atoms with Crippen LogP contribution in [0.3, 0.4) is 0 Å². The molecule has 15 heteroatoms. The molecule has 0 saturated carbocycles. The highest BCUT2D eigenvalue weighted by Gasteiger charge is 2.89. The van der Waals surface area contributed by atoms with Crippen LogP contribution in [0.4, 0.5) is 43.9 Å². The lowest BCUT2D eigenvalue weighted by molar-refractivity contribution is -0.391. The van der Waals surface area contributed by atoms with Crippen molar-refractivity contribution in [3.05, 3.63) is 0 Å². The molecule has 0 unspecified atom stereocenters. The lowest BCUT2D eigenvalue weighted by atomic mass is 9.94. The van der Waals surface area contributed by atoms with Crippen molar-refractivity contribution in [2.45, 2.75) is 29.6 Å². The van der Waals surface area contributed by atoms with Crippen LogP contribution in [-0.4, -0.2) is 51.8 Å². The van der Waals surface area contributed by atoms with Gasteiger partial charge in [-0.05, 0) is 0 Å². The molecule has 132 valence electrons. The summed E-state index contributed by atoms with van der Waals surface area (Å²) in [5.74, 6) is -44.5. The van der Waals surface area contributed by atoms with E-state index in [4.69, 9.17) is 10.2 Å². The molecule has 0 aromatic rings. The van der Waals surface area contributed by atoms with E-state index < -0.39 is 41.6 Å². The fourth-order valence-electron chi connectivity index (χ4n) is 0.860. The Labute approximate surface area is 113 Å². The van der Waals surface area contributed by atoms with Gasteiger partial charge in [0.1, 0.15) is 0 Å². The molecular formula is C7H5F10NO4. The maximum atomic E-state index is 12.7. The van der Waals surface area contributed by atoms with E-state index in [1.165, 1.54) is 0 Å². The van der Waals surface area contributed by atoms with Gasteiger partial charge in [-0.25, -0.2) is 9.59 Å². The fourth-order valence-corrected chi connectivity index (χ4v) is 0.860. The van der Waals surface area contributed by atoms with Gasteiger partial charge in [0.15, 0.2) is 0 Å². The molecule has 0 heterocycles. The van der Waals surface area contributed by atoms with Gasteiger partial charge in [0.25, 0.3) is 0 Å². The van der Waals surface area contributed by atoms with Crippen molar-refractivity contribution in [2.24, 2.45) is 0 Å². The van der Waals surface area contributed by atoms with Gasteiger partial charge in [-0.3, -0.25) is 0 Å². The van der Waals surface area contributed by atoms with E-state index in [1.54, 1.807) is 0 Å². The molecule has 0 rings (SSSR count). The molecule has 0 spiro atoms. The lowest BCUT2D eigenvalue weighted by Gasteiger charge is -2.36. The molecule has 0 aromatic carbocycles. The van der Waals surface area contributed by atoms with Crippen molar-refractivity contribution < 1.29 is 63.7 Å². The van der Waals surface area contributed by atoms with Crippen molar-refractivity contribution in [3.63, 3.8) is 0 Å². The van der Waals surface area contributed by atoms with Gasteiger partial charge in [-0.1, -0.05) is 0 Å². The number of carbonyl (C=O) groups is 2. The van der Waals surface area contributed by atoms with Gasteiger partial charge in [0.05, 0.1) is 0 Å². The Hall–Kier alpha value is -1.80. The molecule has 0 amide bonds. The van der Waals surface area contributed by atoms with Crippen molar-refractivity contribution in [2.75, 3.05) is 0 Å². The largest absolute Gasteiger partial charge is 0.477 e. The van der Waals surface area contributed by atoms with E-state index in [0.29, 0.717) is 0 Å². The molecule has 22 heavy (non-hydrogen) atoms. The maximum absolute atomic E-state index is 12.7. The predicted molar refractivity (Wildman–Crippen MR) is 45.0 cm³/mol. The summed E-state index contributed by atoms with van der Waals surface area (Å²) in [5.41, 5.74) is 0. The minimum atomic E-state index is -7.70. The summed E-state index contributed by atoms with van der Waals surface area (Å²) >= 11 is 0. The second-order valence-electron chi connectivity index (χ2n) is 3.48. The highest BCUT2D eigenvalue weighted by atomic mass is 19.4. The Bertz CT molecular complexity index is 422. The zero-order chi connectivity index (χ0) is 17.7. The number of aliphatic carboxylic acids is 2. The highest BCUT2D eigenvalue weighted by molar-refractivity contribution is 5.78. The van der Waals surface area contributed by atoms with Crippen LogP contribution in [0.5, 0.6) is 0 Å². The molecule has 0 radical (unpaired) electrons. The summed E-state index contributed by atoms with van der Waals surface area (Å²) in [7, 11) is 0. The predicted octanol–water partition coefficient (Wildman–Crippen LogP) is 2.49. The van der Waals surface area contributed by atoms with E-state index in [9.17, 15) is 53.5 Å². The number of carboxylic acids is 2. The highest BCUT2D eigenvalue weighted by Crippen LogP contribution is 2.56. The molecule has 0 aromatic heterocycles. The summed E-state index contributed by atoms with van der Waals surface area (Å²) in [5, 5.41) is 15.2. The minimum absolute atomic E-state index is 0. The molecule has 0 fully saturated rings. The van der Waals surface area contributed by atoms with Gasteiger partial charge < -0.3 is 16.4 Å². The smallest absolute Gasteiger partial charge is 0.410 e. The quantitative estimate of drug-likeness (QED) is 0.633. The van der Waals surface area contributed by atoms with Crippen LogP contribution in [0.2, 0.25) is 0 Å². The summed E-state index contributed by atoms with van der Waals surface area (Å²) in [6, 6.07) is 0.